The van der Waals surface area contributed by atoms with Gasteiger partial charge in [-0.1, -0.05) is 54.6 Å². The molecule has 1 amide bonds. The van der Waals surface area contributed by atoms with Crippen molar-refractivity contribution in [2.45, 2.75) is 0 Å². The SMILES string of the molecule is COc1cccc(-n2cc(-c3ccccc3)c3c(N4CCN(C(=O)COc5ccccc5)CC4)ncnc32)c1. The molecule has 0 aliphatic carbocycles. The van der Waals surface area contributed by atoms with Gasteiger partial charge < -0.3 is 23.8 Å². The van der Waals surface area contributed by atoms with Crippen LogP contribution >= 0.6 is 0 Å². The lowest BCUT2D eigenvalue weighted by Crippen LogP contribution is -2.50. The minimum absolute atomic E-state index is 0.0134. The van der Waals surface area contributed by atoms with Crippen LogP contribution < -0.4 is 14.4 Å². The van der Waals surface area contributed by atoms with Gasteiger partial charge in [0.2, 0.25) is 0 Å². The van der Waals surface area contributed by atoms with E-state index in [4.69, 9.17) is 19.4 Å². The molecule has 1 aliphatic heterocycles. The highest BCUT2D eigenvalue weighted by molar-refractivity contribution is 6.02. The molecule has 0 radical (unpaired) electrons. The summed E-state index contributed by atoms with van der Waals surface area (Å²) in [4.78, 5) is 26.4. The minimum atomic E-state index is -0.0134. The maximum atomic E-state index is 12.8. The molecule has 196 valence electrons. The Hall–Kier alpha value is -4.85. The maximum absolute atomic E-state index is 12.8. The molecule has 0 saturated carbocycles. The van der Waals surface area contributed by atoms with Crippen LogP contribution in [0.15, 0.2) is 97.5 Å². The fourth-order valence-electron chi connectivity index (χ4n) is 5.00. The first-order chi connectivity index (χ1) is 19.2. The van der Waals surface area contributed by atoms with Crippen molar-refractivity contribution in [1.82, 2.24) is 19.4 Å². The first kappa shape index (κ1) is 24.5. The molecule has 1 saturated heterocycles. The van der Waals surface area contributed by atoms with E-state index in [1.807, 2.05) is 77.7 Å². The third-order valence-electron chi connectivity index (χ3n) is 7.02. The van der Waals surface area contributed by atoms with Crippen LogP contribution in [-0.4, -0.2) is 65.2 Å². The number of aromatic nitrogens is 3. The summed E-state index contributed by atoms with van der Waals surface area (Å²) >= 11 is 0. The van der Waals surface area contributed by atoms with E-state index in [0.717, 1.165) is 39.4 Å². The van der Waals surface area contributed by atoms with Crippen molar-refractivity contribution in [3.8, 4) is 28.3 Å². The summed E-state index contributed by atoms with van der Waals surface area (Å²) in [5.41, 5.74) is 3.92. The monoisotopic (exact) mass is 519 g/mol. The van der Waals surface area contributed by atoms with Crippen molar-refractivity contribution in [2.24, 2.45) is 0 Å². The van der Waals surface area contributed by atoms with Gasteiger partial charge in [0.1, 0.15) is 23.6 Å². The van der Waals surface area contributed by atoms with Crippen LogP contribution in [0.25, 0.3) is 27.8 Å². The van der Waals surface area contributed by atoms with Crippen LogP contribution in [0, 0.1) is 0 Å². The van der Waals surface area contributed by atoms with E-state index in [9.17, 15) is 4.79 Å². The second-order valence-corrected chi connectivity index (χ2v) is 9.35. The van der Waals surface area contributed by atoms with Gasteiger partial charge in [0.05, 0.1) is 18.2 Å². The predicted octanol–water partition coefficient (Wildman–Crippen LogP) is 4.82. The van der Waals surface area contributed by atoms with Crippen molar-refractivity contribution in [3.63, 3.8) is 0 Å². The number of benzene rings is 3. The molecule has 6 rings (SSSR count). The number of ether oxygens (including phenoxy) is 2. The van der Waals surface area contributed by atoms with Crippen molar-refractivity contribution in [2.75, 3.05) is 44.8 Å². The van der Waals surface area contributed by atoms with Gasteiger partial charge in [-0.15, -0.1) is 0 Å². The molecule has 8 heteroatoms. The summed E-state index contributed by atoms with van der Waals surface area (Å²) in [5, 5.41) is 0.985. The number of piperazine rings is 1. The van der Waals surface area contributed by atoms with Gasteiger partial charge in [-0.2, -0.15) is 0 Å². The molecule has 3 aromatic carbocycles. The van der Waals surface area contributed by atoms with Gasteiger partial charge in [0, 0.05) is 44.0 Å². The van der Waals surface area contributed by atoms with Crippen LogP contribution in [0.5, 0.6) is 11.5 Å². The molecule has 3 heterocycles. The zero-order chi connectivity index (χ0) is 26.6. The molecule has 5 aromatic rings. The molecule has 8 nitrogen and oxygen atoms in total. The fraction of sp³-hybridized carbons (Fsp3) is 0.194. The van der Waals surface area contributed by atoms with E-state index in [-0.39, 0.29) is 12.5 Å². The molecule has 1 aliphatic rings. The lowest BCUT2D eigenvalue weighted by Gasteiger charge is -2.35. The van der Waals surface area contributed by atoms with Gasteiger partial charge in [0.25, 0.3) is 5.91 Å². The number of amides is 1. The standard InChI is InChI=1S/C31H29N5O3/c1-38-26-14-8-11-24(19-26)36-20-27(23-9-4-2-5-10-23)29-30(32-22-33-31(29)36)35-17-15-34(16-18-35)28(37)21-39-25-12-6-3-7-13-25/h2-14,19-20,22H,15-18,21H2,1H3. The van der Waals surface area contributed by atoms with Crippen LogP contribution in [0.4, 0.5) is 5.82 Å². The van der Waals surface area contributed by atoms with Crippen molar-refractivity contribution in [3.05, 3.63) is 97.5 Å². The first-order valence-corrected chi connectivity index (χ1v) is 13.0. The highest BCUT2D eigenvalue weighted by atomic mass is 16.5. The zero-order valence-corrected chi connectivity index (χ0v) is 21.7. The number of methoxy groups -OCH3 is 1. The number of anilines is 1. The Balaban J connectivity index is 1.29. The summed E-state index contributed by atoms with van der Waals surface area (Å²) in [6.45, 7) is 2.56. The fourth-order valence-corrected chi connectivity index (χ4v) is 5.00. The Bertz CT molecular complexity index is 1580. The van der Waals surface area contributed by atoms with Crippen molar-refractivity contribution in [1.29, 1.82) is 0 Å². The lowest BCUT2D eigenvalue weighted by atomic mass is 10.1. The molecular formula is C31H29N5O3. The van der Waals surface area contributed by atoms with E-state index in [1.165, 1.54) is 0 Å². The Morgan fingerprint density at radius 3 is 2.31 bits per heavy atom. The van der Waals surface area contributed by atoms with E-state index in [2.05, 4.69) is 27.8 Å². The number of nitrogens with zero attached hydrogens (tertiary/aromatic N) is 5. The highest BCUT2D eigenvalue weighted by Crippen LogP contribution is 2.37. The number of fused-ring (bicyclic) bond motifs is 1. The molecule has 39 heavy (non-hydrogen) atoms. The van der Waals surface area contributed by atoms with Crippen LogP contribution in [0.1, 0.15) is 0 Å². The second-order valence-electron chi connectivity index (χ2n) is 9.35. The lowest BCUT2D eigenvalue weighted by molar-refractivity contribution is -0.133. The van der Waals surface area contributed by atoms with Gasteiger partial charge in [-0.3, -0.25) is 4.79 Å². The number of rotatable bonds is 7. The number of carbonyl (C=O) groups excluding carboxylic acids is 1. The largest absolute Gasteiger partial charge is 0.497 e. The van der Waals surface area contributed by atoms with E-state index in [0.29, 0.717) is 31.9 Å². The zero-order valence-electron chi connectivity index (χ0n) is 21.7. The summed E-state index contributed by atoms with van der Waals surface area (Å²) in [5.74, 6) is 2.33. The average molecular weight is 520 g/mol. The van der Waals surface area contributed by atoms with Crippen LogP contribution in [0.3, 0.4) is 0 Å². The molecule has 0 unspecified atom stereocenters. The molecule has 1 fully saturated rings. The number of hydrogen-bond donors (Lipinski definition) is 0. The summed E-state index contributed by atoms with van der Waals surface area (Å²) in [6.07, 6.45) is 3.74. The van der Waals surface area contributed by atoms with Gasteiger partial charge in [0.15, 0.2) is 12.3 Å². The van der Waals surface area contributed by atoms with Crippen molar-refractivity contribution >= 4 is 22.8 Å². The summed E-state index contributed by atoms with van der Waals surface area (Å²) in [6, 6.07) is 27.7. The minimum Gasteiger partial charge on any atom is -0.497 e. The number of carbonyl (C=O) groups is 1. The third-order valence-corrected chi connectivity index (χ3v) is 7.02. The maximum Gasteiger partial charge on any atom is 0.260 e. The predicted molar refractivity (Wildman–Crippen MR) is 152 cm³/mol. The average Bonchev–Trinajstić information content (AvgIpc) is 3.41. The smallest absolute Gasteiger partial charge is 0.260 e. The third kappa shape index (κ3) is 5.01. The summed E-state index contributed by atoms with van der Waals surface area (Å²) < 4.78 is 13.2. The van der Waals surface area contributed by atoms with Gasteiger partial charge in [-0.05, 0) is 29.8 Å². The van der Waals surface area contributed by atoms with Crippen LogP contribution in [-0.2, 0) is 4.79 Å². The molecule has 0 atom stereocenters. The topological polar surface area (TPSA) is 72.7 Å². The van der Waals surface area contributed by atoms with Crippen LogP contribution in [0.2, 0.25) is 0 Å². The number of para-hydroxylation sites is 1. The van der Waals surface area contributed by atoms with E-state index >= 15 is 0 Å². The Morgan fingerprint density at radius 2 is 1.56 bits per heavy atom. The molecule has 0 N–H and O–H groups in total. The van der Waals surface area contributed by atoms with Gasteiger partial charge >= 0.3 is 0 Å². The quantitative estimate of drug-likeness (QED) is 0.307. The van der Waals surface area contributed by atoms with E-state index in [1.54, 1.807) is 13.4 Å². The Morgan fingerprint density at radius 1 is 0.846 bits per heavy atom. The van der Waals surface area contributed by atoms with E-state index < -0.39 is 0 Å². The first-order valence-electron chi connectivity index (χ1n) is 13.0. The second kappa shape index (κ2) is 10.9. The summed E-state index contributed by atoms with van der Waals surface area (Å²) in [7, 11) is 1.67. The normalized spacial score (nSPS) is 13.5. The Kier molecular flexibility index (Phi) is 6.82. The van der Waals surface area contributed by atoms with Gasteiger partial charge in [-0.25, -0.2) is 9.97 Å². The molecular weight excluding hydrogens is 490 g/mol. The highest BCUT2D eigenvalue weighted by Gasteiger charge is 2.26. The Labute approximate surface area is 227 Å². The number of hydrogen-bond acceptors (Lipinski definition) is 6. The molecule has 0 bridgehead atoms. The molecule has 2 aromatic heterocycles. The van der Waals surface area contributed by atoms with Crippen molar-refractivity contribution < 1.29 is 14.3 Å². The molecule has 0 spiro atoms.